The van der Waals surface area contributed by atoms with Crippen LogP contribution in [0, 0.1) is 16.7 Å². The van der Waals surface area contributed by atoms with Gasteiger partial charge in [-0.25, -0.2) is 9.50 Å². The summed E-state index contributed by atoms with van der Waals surface area (Å²) in [5, 5.41) is 16.3. The van der Waals surface area contributed by atoms with E-state index >= 15 is 0 Å². The smallest absolute Gasteiger partial charge is 0.173 e. The Morgan fingerprint density at radius 2 is 1.68 bits per heavy atom. The number of ether oxygens (including phenoxy) is 3. The predicted molar refractivity (Wildman–Crippen MR) is 121 cm³/mol. The van der Waals surface area contributed by atoms with Gasteiger partial charge in [0, 0.05) is 23.9 Å². The van der Waals surface area contributed by atoms with Crippen LogP contribution in [0.2, 0.25) is 0 Å². The number of imidazole rings is 1. The van der Waals surface area contributed by atoms with Crippen molar-refractivity contribution < 1.29 is 14.2 Å². The number of hydrogen-bond acceptors (Lipinski definition) is 6. The van der Waals surface area contributed by atoms with Crippen molar-refractivity contribution in [3.05, 3.63) is 23.9 Å². The third kappa shape index (κ3) is 4.41. The lowest BCUT2D eigenvalue weighted by molar-refractivity contribution is 0.302. The second-order valence-electron chi connectivity index (χ2n) is 9.42. The monoisotopic (exact) mass is 425 g/mol. The minimum Gasteiger partial charge on any atom is -0.496 e. The lowest BCUT2D eigenvalue weighted by Gasteiger charge is -2.34. The number of nitrogens with zero attached hydrogens (tertiary/aromatic N) is 3. The average Bonchev–Trinajstić information content (AvgIpc) is 3.24. The average molecular weight is 426 g/mol. The summed E-state index contributed by atoms with van der Waals surface area (Å²) >= 11 is 0. The van der Waals surface area contributed by atoms with Gasteiger partial charge in [0.05, 0.1) is 26.9 Å². The molecule has 3 rings (SSSR count). The highest BCUT2D eigenvalue weighted by Gasteiger charge is 2.31. The molecule has 2 aromatic heterocycles. The molecular formula is C23H31N5O3. The maximum absolute atomic E-state index is 9.54. The molecule has 31 heavy (non-hydrogen) atoms. The van der Waals surface area contributed by atoms with E-state index in [4.69, 9.17) is 19.2 Å². The number of aromatic amines is 1. The molecule has 0 unspecified atom stereocenters. The molecular weight excluding hydrogens is 394 g/mol. The molecule has 0 spiro atoms. The van der Waals surface area contributed by atoms with Crippen LogP contribution in [0.25, 0.3) is 16.9 Å². The molecule has 0 saturated heterocycles. The topological polar surface area (TPSA) is 96.6 Å². The van der Waals surface area contributed by atoms with Gasteiger partial charge < -0.3 is 19.5 Å². The van der Waals surface area contributed by atoms with Crippen LogP contribution >= 0.6 is 0 Å². The number of benzene rings is 1. The Bertz CT molecular complexity index is 1100. The molecule has 0 amide bonds. The van der Waals surface area contributed by atoms with Crippen molar-refractivity contribution in [2.75, 3.05) is 26.6 Å². The van der Waals surface area contributed by atoms with E-state index in [1.54, 1.807) is 44.2 Å². The number of methoxy groups -OCH3 is 3. The number of nitrogens with one attached hydrogen (secondary N) is 2. The number of nitriles is 1. The van der Waals surface area contributed by atoms with E-state index in [1.807, 2.05) is 0 Å². The van der Waals surface area contributed by atoms with Gasteiger partial charge in [0.1, 0.15) is 34.6 Å². The summed E-state index contributed by atoms with van der Waals surface area (Å²) in [6.45, 7) is 10.9. The van der Waals surface area contributed by atoms with Crippen LogP contribution in [0.5, 0.6) is 17.2 Å². The SMILES string of the molecule is COc1cc(OC)c(-c2nc3c(C#N)c[nH]n3c2NC(C)(C)CC(C)(C)C)c(OC)c1. The molecule has 0 aliphatic carbocycles. The first-order valence-corrected chi connectivity index (χ1v) is 10.1. The number of aromatic nitrogens is 3. The molecule has 0 saturated carbocycles. The number of hydrogen-bond donors (Lipinski definition) is 2. The lowest BCUT2D eigenvalue weighted by atomic mass is 9.82. The Morgan fingerprint density at radius 1 is 1.06 bits per heavy atom. The van der Waals surface area contributed by atoms with Crippen molar-refractivity contribution in [1.82, 2.24) is 14.6 Å². The van der Waals surface area contributed by atoms with Gasteiger partial charge in [0.2, 0.25) is 0 Å². The highest BCUT2D eigenvalue weighted by Crippen LogP contribution is 2.45. The summed E-state index contributed by atoms with van der Waals surface area (Å²) in [5.74, 6) is 2.47. The first-order valence-electron chi connectivity index (χ1n) is 10.1. The Hall–Kier alpha value is -3.34. The van der Waals surface area contributed by atoms with Crippen LogP contribution in [0.15, 0.2) is 18.3 Å². The zero-order valence-corrected chi connectivity index (χ0v) is 19.5. The normalized spacial score (nSPS) is 12.0. The molecule has 0 aliphatic rings. The molecule has 0 bridgehead atoms. The molecule has 0 atom stereocenters. The third-order valence-electron chi connectivity index (χ3n) is 4.96. The molecule has 3 aromatic rings. The van der Waals surface area contributed by atoms with Gasteiger partial charge in [0.25, 0.3) is 0 Å². The zero-order valence-electron chi connectivity index (χ0n) is 19.5. The van der Waals surface area contributed by atoms with E-state index in [2.05, 4.69) is 51.1 Å². The van der Waals surface area contributed by atoms with Gasteiger partial charge in [-0.3, -0.25) is 5.10 Å². The molecule has 8 nitrogen and oxygen atoms in total. The standard InChI is InChI=1S/C23H31N5O3/c1-22(2,3)13-23(4,5)27-21-19(26-20-14(11-24)12-25-28(20)21)18-16(30-7)9-15(29-6)10-17(18)31-8/h9-10,12,25,27H,13H2,1-8H3. The van der Waals surface area contributed by atoms with Gasteiger partial charge in [-0.15, -0.1) is 0 Å². The van der Waals surface area contributed by atoms with Crippen LogP contribution in [0.1, 0.15) is 46.6 Å². The minimum absolute atomic E-state index is 0.115. The number of rotatable bonds is 7. The molecule has 8 heteroatoms. The van der Waals surface area contributed by atoms with Crippen LogP contribution in [-0.4, -0.2) is 41.5 Å². The zero-order chi connectivity index (χ0) is 23.0. The third-order valence-corrected chi connectivity index (χ3v) is 4.96. The molecule has 0 radical (unpaired) electrons. The van der Waals surface area contributed by atoms with E-state index in [-0.39, 0.29) is 11.0 Å². The van der Waals surface area contributed by atoms with Gasteiger partial charge in [-0.2, -0.15) is 5.26 Å². The van der Waals surface area contributed by atoms with Crippen molar-refractivity contribution in [1.29, 1.82) is 5.26 Å². The maximum atomic E-state index is 9.54. The molecule has 0 aliphatic heterocycles. The molecule has 2 N–H and O–H groups in total. The Morgan fingerprint density at radius 3 is 2.16 bits per heavy atom. The van der Waals surface area contributed by atoms with Gasteiger partial charge in [-0.05, 0) is 25.7 Å². The van der Waals surface area contributed by atoms with Crippen molar-refractivity contribution in [2.24, 2.45) is 5.41 Å². The second-order valence-corrected chi connectivity index (χ2v) is 9.42. The fraction of sp³-hybridized carbons (Fsp3) is 0.478. The highest BCUT2D eigenvalue weighted by atomic mass is 16.5. The second kappa shape index (κ2) is 8.06. The summed E-state index contributed by atoms with van der Waals surface area (Å²) in [6.07, 6.45) is 2.56. The van der Waals surface area contributed by atoms with Crippen LogP contribution in [0.4, 0.5) is 5.82 Å². The lowest BCUT2D eigenvalue weighted by Crippen LogP contribution is -2.36. The predicted octanol–water partition coefficient (Wildman–Crippen LogP) is 4.85. The van der Waals surface area contributed by atoms with Crippen LogP contribution in [-0.2, 0) is 0 Å². The van der Waals surface area contributed by atoms with E-state index in [9.17, 15) is 5.26 Å². The molecule has 0 fully saturated rings. The van der Waals surface area contributed by atoms with Crippen LogP contribution in [0.3, 0.4) is 0 Å². The fourth-order valence-electron chi connectivity index (χ4n) is 4.22. The van der Waals surface area contributed by atoms with E-state index in [1.165, 1.54) is 0 Å². The van der Waals surface area contributed by atoms with Crippen molar-refractivity contribution in [3.8, 4) is 34.6 Å². The minimum atomic E-state index is -0.256. The first kappa shape index (κ1) is 22.3. The fourth-order valence-corrected chi connectivity index (χ4v) is 4.22. The van der Waals surface area contributed by atoms with Gasteiger partial charge in [-0.1, -0.05) is 20.8 Å². The number of fused-ring (bicyclic) bond motifs is 1. The Labute approximate surface area is 183 Å². The number of anilines is 1. The summed E-state index contributed by atoms with van der Waals surface area (Å²) < 4.78 is 18.5. The largest absolute Gasteiger partial charge is 0.496 e. The van der Waals surface area contributed by atoms with E-state index in [0.717, 1.165) is 12.2 Å². The molecule has 166 valence electrons. The molecule has 2 heterocycles. The highest BCUT2D eigenvalue weighted by molar-refractivity contribution is 5.86. The van der Waals surface area contributed by atoms with Gasteiger partial charge >= 0.3 is 0 Å². The van der Waals surface area contributed by atoms with Crippen molar-refractivity contribution in [2.45, 2.75) is 46.6 Å². The first-order chi connectivity index (χ1) is 14.5. The number of H-pyrrole nitrogens is 1. The van der Waals surface area contributed by atoms with E-state index in [0.29, 0.717) is 39.7 Å². The summed E-state index contributed by atoms with van der Waals surface area (Å²) in [5.41, 5.74) is 2.15. The van der Waals surface area contributed by atoms with Crippen molar-refractivity contribution >= 4 is 11.5 Å². The molecule has 1 aromatic carbocycles. The maximum Gasteiger partial charge on any atom is 0.173 e. The Kier molecular flexibility index (Phi) is 5.81. The van der Waals surface area contributed by atoms with Crippen LogP contribution < -0.4 is 19.5 Å². The van der Waals surface area contributed by atoms with Crippen molar-refractivity contribution in [3.63, 3.8) is 0 Å². The quantitative estimate of drug-likeness (QED) is 0.561. The summed E-state index contributed by atoms with van der Waals surface area (Å²) in [4.78, 5) is 4.81. The summed E-state index contributed by atoms with van der Waals surface area (Å²) in [6, 6.07) is 5.78. The Balaban J connectivity index is 2.28. The summed E-state index contributed by atoms with van der Waals surface area (Å²) in [7, 11) is 4.78. The van der Waals surface area contributed by atoms with E-state index < -0.39 is 0 Å². The van der Waals surface area contributed by atoms with Gasteiger partial charge in [0.15, 0.2) is 11.5 Å².